The molecule has 0 aromatic heterocycles. The van der Waals surface area contributed by atoms with Gasteiger partial charge in [0.25, 0.3) is 5.91 Å². The average Bonchev–Trinajstić information content (AvgIpc) is 3.71. The topological polar surface area (TPSA) is 135 Å². The number of esters is 1. The number of likely N-dealkylation sites (tertiary alicyclic amines) is 1. The van der Waals surface area contributed by atoms with Crippen LogP contribution in [0.25, 0.3) is 0 Å². The maximum Gasteiger partial charge on any atom is 0.313 e. The van der Waals surface area contributed by atoms with E-state index >= 15 is 4.79 Å². The number of aliphatic hydroxyl groups is 1. The summed E-state index contributed by atoms with van der Waals surface area (Å²) in [7, 11) is 1.56. The molecule has 4 heterocycles. The third kappa shape index (κ3) is 6.30. The minimum atomic E-state index is -1.51. The molecular weight excluding hydrogens is 694 g/mol. The number of cyclic esters (lactones) is 1. The van der Waals surface area contributed by atoms with E-state index in [1.807, 2.05) is 56.3 Å². The van der Waals surface area contributed by atoms with E-state index in [9.17, 15) is 19.5 Å². The van der Waals surface area contributed by atoms with Crippen LogP contribution in [0, 0.1) is 17.8 Å². The quantitative estimate of drug-likeness (QED) is 0.322. The lowest BCUT2D eigenvalue weighted by Crippen LogP contribution is -2.59. The second-order valence-electron chi connectivity index (χ2n) is 13.0. The average molecular weight is 737 g/mol. The summed E-state index contributed by atoms with van der Waals surface area (Å²) >= 11 is 3.60. The zero-order valence-electron chi connectivity index (χ0n) is 27.8. The number of rotatable bonds is 7. The summed E-state index contributed by atoms with van der Waals surface area (Å²) in [5.41, 5.74) is -0.275. The molecular formula is C37H42BrN3O8. The Hall–Kier alpha value is -4.00. The zero-order chi connectivity index (χ0) is 34.9. The fourth-order valence-corrected chi connectivity index (χ4v) is 8.27. The highest BCUT2D eigenvalue weighted by atomic mass is 79.9. The molecule has 2 N–H and O–H groups in total. The number of nitrogens with zero attached hydrogens (tertiary/aromatic N) is 2. The van der Waals surface area contributed by atoms with Crippen LogP contribution >= 0.6 is 15.9 Å². The molecule has 6 rings (SSSR count). The molecule has 260 valence electrons. The summed E-state index contributed by atoms with van der Waals surface area (Å²) in [5.74, 6) is -3.51. The van der Waals surface area contributed by atoms with E-state index in [1.165, 1.54) is 4.90 Å². The molecule has 0 unspecified atom stereocenters. The van der Waals surface area contributed by atoms with Gasteiger partial charge in [-0.3, -0.25) is 19.2 Å². The number of hydrogen-bond acceptors (Lipinski definition) is 8. The third-order valence-electron chi connectivity index (χ3n) is 10.3. The van der Waals surface area contributed by atoms with Gasteiger partial charge < -0.3 is 34.4 Å². The Balaban J connectivity index is 1.49. The number of methoxy groups -OCH3 is 1. The Morgan fingerprint density at radius 1 is 1.06 bits per heavy atom. The molecule has 0 saturated carbocycles. The normalized spacial score (nSPS) is 30.7. The molecule has 11 nitrogen and oxygen atoms in total. The van der Waals surface area contributed by atoms with Crippen molar-refractivity contribution >= 4 is 45.3 Å². The fraction of sp³-hybridized carbons (Fsp3) is 0.459. The Kier molecular flexibility index (Phi) is 10.3. The van der Waals surface area contributed by atoms with E-state index in [1.54, 1.807) is 42.4 Å². The van der Waals surface area contributed by atoms with Gasteiger partial charge in [-0.15, -0.1) is 0 Å². The van der Waals surface area contributed by atoms with E-state index in [0.29, 0.717) is 34.3 Å². The summed E-state index contributed by atoms with van der Waals surface area (Å²) in [6.45, 7) is 3.68. The van der Waals surface area contributed by atoms with Crippen LogP contribution in [0.3, 0.4) is 0 Å². The molecule has 3 amide bonds. The number of aliphatic hydroxyl groups excluding tert-OH is 1. The van der Waals surface area contributed by atoms with Gasteiger partial charge in [-0.05, 0) is 48.2 Å². The maximum atomic E-state index is 15.1. The first-order valence-electron chi connectivity index (χ1n) is 16.8. The number of anilines is 1. The molecule has 1 spiro atoms. The second kappa shape index (κ2) is 14.5. The van der Waals surface area contributed by atoms with Gasteiger partial charge in [0.1, 0.15) is 35.5 Å². The predicted octanol–water partition coefficient (Wildman–Crippen LogP) is 4.06. The van der Waals surface area contributed by atoms with Crippen LogP contribution < -0.4 is 15.0 Å². The lowest BCUT2D eigenvalue weighted by Gasteiger charge is -2.40. The number of benzene rings is 2. The molecule has 4 aliphatic rings. The van der Waals surface area contributed by atoms with Crippen molar-refractivity contribution in [1.82, 2.24) is 10.2 Å². The molecule has 4 aliphatic heterocycles. The van der Waals surface area contributed by atoms with Crippen molar-refractivity contribution in [3.63, 3.8) is 0 Å². The van der Waals surface area contributed by atoms with Crippen LogP contribution in [0.4, 0.5) is 5.69 Å². The molecule has 0 aliphatic carbocycles. The molecule has 5 bridgehead atoms. The molecule has 8 atom stereocenters. The smallest absolute Gasteiger partial charge is 0.313 e. The fourth-order valence-electron chi connectivity index (χ4n) is 7.53. The zero-order valence-corrected chi connectivity index (χ0v) is 29.4. The van der Waals surface area contributed by atoms with Gasteiger partial charge in [-0.2, -0.15) is 0 Å². The molecule has 0 radical (unpaired) electrons. The van der Waals surface area contributed by atoms with Gasteiger partial charge in [0.05, 0.1) is 32.2 Å². The van der Waals surface area contributed by atoms with Crippen LogP contribution in [0.1, 0.15) is 44.8 Å². The van der Waals surface area contributed by atoms with E-state index in [-0.39, 0.29) is 37.9 Å². The van der Waals surface area contributed by atoms with Gasteiger partial charge in [0.15, 0.2) is 0 Å². The Labute approximate surface area is 294 Å². The van der Waals surface area contributed by atoms with Crippen molar-refractivity contribution in [3.8, 4) is 5.75 Å². The third-order valence-corrected chi connectivity index (χ3v) is 11.0. The lowest BCUT2D eigenvalue weighted by atomic mass is 9.74. The Morgan fingerprint density at radius 2 is 1.80 bits per heavy atom. The maximum absolute atomic E-state index is 15.1. The van der Waals surface area contributed by atoms with E-state index in [2.05, 4.69) is 21.2 Å². The number of halogens is 1. The highest BCUT2D eigenvalue weighted by Crippen LogP contribution is 2.59. The summed E-state index contributed by atoms with van der Waals surface area (Å²) in [6.07, 6.45) is 4.96. The van der Waals surface area contributed by atoms with Crippen LogP contribution in [0.2, 0.25) is 0 Å². The van der Waals surface area contributed by atoms with Crippen molar-refractivity contribution in [3.05, 3.63) is 82.9 Å². The van der Waals surface area contributed by atoms with Gasteiger partial charge in [-0.1, -0.05) is 78.7 Å². The second-order valence-corrected chi connectivity index (χ2v) is 13.9. The largest absolute Gasteiger partial charge is 0.497 e. The minimum Gasteiger partial charge on any atom is -0.497 e. The summed E-state index contributed by atoms with van der Waals surface area (Å²) < 4.78 is 18.7. The van der Waals surface area contributed by atoms with Crippen molar-refractivity contribution in [2.24, 2.45) is 17.8 Å². The van der Waals surface area contributed by atoms with Crippen molar-refractivity contribution in [2.75, 3.05) is 31.7 Å². The SMILES string of the molecule is CC[C@H](C)[C@H](CO)N1C(=O)[C@@H]2[C@H]3C(=O)O[C@@H](c4ccccc4)CNC(=O)CC/C=C\CN(c4ccc(OC)cc4)C(=O)[C@@H]1[C@]21C=C(Br)[C@H]3O1. The summed E-state index contributed by atoms with van der Waals surface area (Å²) in [6, 6.07) is 14.2. The van der Waals surface area contributed by atoms with E-state index < -0.39 is 59.5 Å². The predicted molar refractivity (Wildman–Crippen MR) is 185 cm³/mol. The first-order chi connectivity index (χ1) is 23.6. The van der Waals surface area contributed by atoms with Gasteiger partial charge in [-0.25, -0.2) is 0 Å². The molecule has 2 saturated heterocycles. The monoisotopic (exact) mass is 735 g/mol. The number of ether oxygens (including phenoxy) is 3. The van der Waals surface area contributed by atoms with Crippen molar-refractivity contribution in [1.29, 1.82) is 0 Å². The number of carbonyl (C=O) groups excluding carboxylic acids is 4. The number of hydrogen-bond donors (Lipinski definition) is 2. The van der Waals surface area contributed by atoms with Gasteiger partial charge in [0, 0.05) is 23.1 Å². The number of fused-ring (bicyclic) bond motifs is 2. The highest BCUT2D eigenvalue weighted by Gasteiger charge is 2.75. The van der Waals surface area contributed by atoms with Crippen molar-refractivity contribution < 1.29 is 38.5 Å². The molecule has 2 aromatic rings. The Morgan fingerprint density at radius 3 is 2.47 bits per heavy atom. The van der Waals surface area contributed by atoms with Crippen LogP contribution in [0.5, 0.6) is 5.75 Å². The summed E-state index contributed by atoms with van der Waals surface area (Å²) in [4.78, 5) is 60.1. The van der Waals surface area contributed by atoms with Crippen molar-refractivity contribution in [2.45, 2.75) is 63.0 Å². The van der Waals surface area contributed by atoms with E-state index in [0.717, 1.165) is 0 Å². The Bertz CT molecular complexity index is 1630. The van der Waals surface area contributed by atoms with Gasteiger partial charge >= 0.3 is 5.97 Å². The lowest BCUT2D eigenvalue weighted by molar-refractivity contribution is -0.160. The molecule has 2 aromatic carbocycles. The number of nitrogens with one attached hydrogen (secondary N) is 1. The molecule has 49 heavy (non-hydrogen) atoms. The number of allylic oxidation sites excluding steroid dienone is 1. The first kappa shape index (κ1) is 34.8. The van der Waals surface area contributed by atoms with Crippen LogP contribution in [-0.4, -0.2) is 84.3 Å². The molecule has 2 fully saturated rings. The van der Waals surface area contributed by atoms with Gasteiger partial charge in [0.2, 0.25) is 11.8 Å². The standard InChI is InChI=1S/C37H42BrN3O8/c1-4-22(2)27(21-42)41-33-35(45)40(24-14-16-25(47-3)17-15-24)18-10-6-9-13-29(43)39-20-28(23-11-7-5-8-12-23)48-36(46)30-31(34(41)44)37(33)19-26(38)32(30)49-37/h5-8,10-12,14-17,19,22,27-28,30-33,42H,4,9,13,18,20-21H2,1-3H3,(H,39,43)/b10-6-/t22-,27-,28+,30+,31-,32+,33+,37-/m0/s1. The highest BCUT2D eigenvalue weighted by molar-refractivity contribution is 9.11. The molecule has 12 heteroatoms. The van der Waals surface area contributed by atoms with Crippen LogP contribution in [-0.2, 0) is 28.7 Å². The van der Waals surface area contributed by atoms with E-state index in [4.69, 9.17) is 14.2 Å². The minimum absolute atomic E-state index is 0.0381. The first-order valence-corrected chi connectivity index (χ1v) is 17.6. The van der Waals surface area contributed by atoms with Crippen LogP contribution in [0.15, 0.2) is 77.3 Å². The summed E-state index contributed by atoms with van der Waals surface area (Å²) in [5, 5.41) is 13.6. The number of amides is 3. The number of carbonyl (C=O) groups is 4.